The number of rotatable bonds is 10. The number of nitrogens with zero attached hydrogens (tertiary/aromatic N) is 4. The van der Waals surface area contributed by atoms with Crippen LogP contribution in [0.5, 0.6) is 0 Å². The summed E-state index contributed by atoms with van der Waals surface area (Å²) in [6.45, 7) is 7.62. The number of ether oxygens (including phenoxy) is 3. The van der Waals surface area contributed by atoms with Crippen molar-refractivity contribution >= 4 is 22.8 Å². The highest BCUT2D eigenvalue weighted by Gasteiger charge is 2.55. The summed E-state index contributed by atoms with van der Waals surface area (Å²) in [7, 11) is 2.22. The lowest BCUT2D eigenvalue weighted by Gasteiger charge is -2.42. The molecule has 0 spiro atoms. The van der Waals surface area contributed by atoms with Gasteiger partial charge in [0.1, 0.15) is 23.9 Å². The van der Waals surface area contributed by atoms with E-state index in [-0.39, 0.29) is 24.2 Å². The average Bonchev–Trinajstić information content (AvgIpc) is 3.45. The molecule has 0 aromatic carbocycles. The van der Waals surface area contributed by atoms with Crippen molar-refractivity contribution in [2.24, 2.45) is 11.8 Å². The van der Waals surface area contributed by atoms with Crippen LogP contribution in [-0.4, -0.2) is 69.6 Å². The number of esters is 1. The predicted molar refractivity (Wildman–Crippen MR) is 137 cm³/mol. The molecule has 2 N–H and O–H groups in total. The van der Waals surface area contributed by atoms with Crippen LogP contribution >= 0.6 is 0 Å². The standard InChI is InChI=1S/C27H41N5O4/c1-5-6-11-34-22(33)8-7-17-12-19(13-17)31(4)15-18-14-21(24-23(18)35-27(2,3)36-24)32-10-9-20-25(28)29-16-30-26(20)32/h9-10,16-19,21,23-24H,5-8,11-15H2,1-4H3,(H2,28,29,30)/t17?,18-,19?,21-,23-,24+/m1/s1. The van der Waals surface area contributed by atoms with Crippen molar-refractivity contribution in [1.82, 2.24) is 19.4 Å². The summed E-state index contributed by atoms with van der Waals surface area (Å²) in [5.41, 5.74) is 6.94. The highest BCUT2D eigenvalue weighted by atomic mass is 16.8. The summed E-state index contributed by atoms with van der Waals surface area (Å²) in [5.74, 6) is 0.823. The Balaban J connectivity index is 1.18. The number of nitrogens with two attached hydrogens (primary N) is 1. The van der Waals surface area contributed by atoms with Gasteiger partial charge in [0.25, 0.3) is 0 Å². The van der Waals surface area contributed by atoms with E-state index in [2.05, 4.69) is 39.6 Å². The molecule has 5 rings (SSSR count). The summed E-state index contributed by atoms with van der Waals surface area (Å²) >= 11 is 0. The molecule has 2 aliphatic carbocycles. The van der Waals surface area contributed by atoms with Crippen molar-refractivity contribution in [2.45, 2.75) is 95.8 Å². The van der Waals surface area contributed by atoms with Gasteiger partial charge in [0.05, 0.1) is 24.1 Å². The Morgan fingerprint density at radius 1 is 1.25 bits per heavy atom. The molecule has 9 heteroatoms. The zero-order chi connectivity index (χ0) is 25.4. The maximum atomic E-state index is 11.9. The molecular weight excluding hydrogens is 458 g/mol. The number of nitrogen functional groups attached to an aromatic ring is 1. The van der Waals surface area contributed by atoms with Crippen molar-refractivity contribution in [2.75, 3.05) is 25.9 Å². The van der Waals surface area contributed by atoms with E-state index >= 15 is 0 Å². The minimum absolute atomic E-state index is 0.0296. The lowest BCUT2D eigenvalue weighted by Crippen LogP contribution is -2.46. The van der Waals surface area contributed by atoms with Gasteiger partial charge in [0, 0.05) is 31.1 Å². The van der Waals surface area contributed by atoms with E-state index < -0.39 is 5.79 Å². The SMILES string of the molecule is CCCCOC(=O)CCC1CC(N(C)C[C@H]2C[C@@H](n3ccc4c(N)ncnc43)[C@@H]3OC(C)(C)O[C@H]23)C1. The molecule has 2 saturated carbocycles. The molecule has 0 radical (unpaired) electrons. The van der Waals surface area contributed by atoms with E-state index in [4.69, 9.17) is 19.9 Å². The second kappa shape index (κ2) is 10.3. The molecule has 1 saturated heterocycles. The first kappa shape index (κ1) is 25.4. The van der Waals surface area contributed by atoms with Crippen LogP contribution in [0.25, 0.3) is 11.0 Å². The van der Waals surface area contributed by atoms with Crippen LogP contribution < -0.4 is 5.73 Å². The lowest BCUT2D eigenvalue weighted by molar-refractivity contribution is -0.161. The normalized spacial score (nSPS) is 31.0. The lowest BCUT2D eigenvalue weighted by atomic mass is 9.76. The van der Waals surface area contributed by atoms with Crippen molar-refractivity contribution in [3.05, 3.63) is 18.6 Å². The maximum Gasteiger partial charge on any atom is 0.305 e. The second-order valence-electron chi connectivity index (χ2n) is 11.4. The molecule has 36 heavy (non-hydrogen) atoms. The number of carbonyl (C=O) groups is 1. The van der Waals surface area contributed by atoms with Gasteiger partial charge in [0.2, 0.25) is 0 Å². The fraction of sp³-hybridized carbons (Fsp3) is 0.741. The Morgan fingerprint density at radius 3 is 2.81 bits per heavy atom. The molecule has 3 heterocycles. The van der Waals surface area contributed by atoms with E-state index in [1.165, 1.54) is 6.33 Å². The molecule has 0 bridgehead atoms. The van der Waals surface area contributed by atoms with Gasteiger partial charge in [-0.1, -0.05) is 13.3 Å². The first-order valence-corrected chi connectivity index (χ1v) is 13.5. The predicted octanol–water partition coefficient (Wildman–Crippen LogP) is 3.93. The minimum Gasteiger partial charge on any atom is -0.466 e. The largest absolute Gasteiger partial charge is 0.466 e. The van der Waals surface area contributed by atoms with Crippen LogP contribution in [0, 0.1) is 11.8 Å². The van der Waals surface area contributed by atoms with Crippen LogP contribution in [-0.2, 0) is 19.0 Å². The molecule has 4 atom stereocenters. The number of hydrogen-bond donors (Lipinski definition) is 1. The fourth-order valence-electron chi connectivity index (χ4n) is 6.31. The number of carbonyl (C=O) groups excluding carboxylic acids is 1. The van der Waals surface area contributed by atoms with Crippen molar-refractivity contribution in [3.8, 4) is 0 Å². The van der Waals surface area contributed by atoms with Gasteiger partial charge in [-0.05, 0) is 65.0 Å². The Morgan fingerprint density at radius 2 is 2.03 bits per heavy atom. The van der Waals surface area contributed by atoms with Crippen LogP contribution in [0.4, 0.5) is 5.82 Å². The third-order valence-electron chi connectivity index (χ3n) is 8.32. The first-order valence-electron chi connectivity index (χ1n) is 13.5. The van der Waals surface area contributed by atoms with E-state index in [1.54, 1.807) is 0 Å². The van der Waals surface area contributed by atoms with Crippen LogP contribution in [0.1, 0.15) is 71.8 Å². The number of hydrogen-bond acceptors (Lipinski definition) is 8. The van der Waals surface area contributed by atoms with Gasteiger partial charge in [-0.15, -0.1) is 0 Å². The third-order valence-corrected chi connectivity index (χ3v) is 8.32. The van der Waals surface area contributed by atoms with E-state index in [0.29, 0.717) is 36.7 Å². The molecule has 2 aromatic rings. The summed E-state index contributed by atoms with van der Waals surface area (Å²) in [4.78, 5) is 23.1. The van der Waals surface area contributed by atoms with Crippen molar-refractivity contribution in [1.29, 1.82) is 0 Å². The molecule has 3 aliphatic rings. The molecule has 9 nitrogen and oxygen atoms in total. The average molecular weight is 500 g/mol. The van der Waals surface area contributed by atoms with Crippen LogP contribution in [0.2, 0.25) is 0 Å². The molecule has 198 valence electrons. The Labute approximate surface area is 213 Å². The topological polar surface area (TPSA) is 105 Å². The highest BCUT2D eigenvalue weighted by molar-refractivity contribution is 5.86. The van der Waals surface area contributed by atoms with Gasteiger partial charge in [-0.2, -0.15) is 0 Å². The Kier molecular flexibility index (Phi) is 7.25. The number of unbranched alkanes of at least 4 members (excludes halogenated alkanes) is 1. The van der Waals surface area contributed by atoms with Crippen molar-refractivity contribution < 1.29 is 19.0 Å². The monoisotopic (exact) mass is 499 g/mol. The number of anilines is 1. The van der Waals surface area contributed by atoms with Gasteiger partial charge >= 0.3 is 5.97 Å². The maximum absolute atomic E-state index is 11.9. The summed E-state index contributed by atoms with van der Waals surface area (Å²) in [5, 5.41) is 0.877. The molecule has 2 aromatic heterocycles. The van der Waals surface area contributed by atoms with E-state index in [9.17, 15) is 4.79 Å². The minimum atomic E-state index is -0.602. The van der Waals surface area contributed by atoms with Crippen LogP contribution in [0.3, 0.4) is 0 Å². The quantitative estimate of drug-likeness (QED) is 0.387. The Bertz CT molecular complexity index is 1070. The van der Waals surface area contributed by atoms with Crippen molar-refractivity contribution in [3.63, 3.8) is 0 Å². The van der Waals surface area contributed by atoms with Crippen LogP contribution in [0.15, 0.2) is 18.6 Å². The molecular formula is C27H41N5O4. The smallest absolute Gasteiger partial charge is 0.305 e. The van der Waals surface area contributed by atoms with E-state index in [0.717, 1.165) is 56.1 Å². The zero-order valence-electron chi connectivity index (χ0n) is 22.1. The highest BCUT2D eigenvalue weighted by Crippen LogP contribution is 2.48. The zero-order valence-corrected chi connectivity index (χ0v) is 22.1. The fourth-order valence-corrected chi connectivity index (χ4v) is 6.31. The molecule has 0 unspecified atom stereocenters. The number of aromatic nitrogens is 3. The summed E-state index contributed by atoms with van der Waals surface area (Å²) < 4.78 is 20.4. The first-order chi connectivity index (χ1) is 17.3. The molecule has 1 aliphatic heterocycles. The van der Waals surface area contributed by atoms with Gasteiger partial charge < -0.3 is 29.4 Å². The van der Waals surface area contributed by atoms with Gasteiger partial charge in [0.15, 0.2) is 5.79 Å². The second-order valence-corrected chi connectivity index (χ2v) is 11.4. The molecule has 0 amide bonds. The summed E-state index contributed by atoms with van der Waals surface area (Å²) in [6, 6.07) is 2.68. The summed E-state index contributed by atoms with van der Waals surface area (Å²) in [6.07, 6.45) is 10.3. The molecule has 3 fully saturated rings. The number of fused-ring (bicyclic) bond motifs is 2. The van der Waals surface area contributed by atoms with Gasteiger partial charge in [-0.3, -0.25) is 4.79 Å². The Hall–Kier alpha value is -2.23. The van der Waals surface area contributed by atoms with E-state index in [1.807, 2.05) is 19.9 Å². The van der Waals surface area contributed by atoms with Gasteiger partial charge in [-0.25, -0.2) is 9.97 Å². The third kappa shape index (κ3) is 5.10.